The van der Waals surface area contributed by atoms with E-state index in [1.165, 1.54) is 6.92 Å². The predicted molar refractivity (Wildman–Crippen MR) is 55.3 cm³/mol. The van der Waals surface area contributed by atoms with E-state index in [1.54, 1.807) is 0 Å². The van der Waals surface area contributed by atoms with Crippen molar-refractivity contribution in [3.63, 3.8) is 0 Å². The first-order valence-electron chi connectivity index (χ1n) is 4.90. The standard InChI is InChI=1S/C11H10F3NO3/c1-5(11(17)18-2)15-10(16)6-3-7(12)9(14)8(13)4-6/h3-5H,1-2H3,(H,15,16)/t5-/m0/s1. The molecule has 0 saturated carbocycles. The minimum atomic E-state index is -1.66. The third-order valence-electron chi connectivity index (χ3n) is 2.15. The van der Waals surface area contributed by atoms with Gasteiger partial charge in [0.15, 0.2) is 17.5 Å². The number of benzene rings is 1. The summed E-state index contributed by atoms with van der Waals surface area (Å²) in [5, 5.41) is 2.15. The molecule has 1 aromatic carbocycles. The summed E-state index contributed by atoms with van der Waals surface area (Å²) < 4.78 is 42.8. The van der Waals surface area contributed by atoms with Gasteiger partial charge in [-0.05, 0) is 19.1 Å². The number of amides is 1. The Hall–Kier alpha value is -2.05. The average molecular weight is 261 g/mol. The maximum absolute atomic E-state index is 12.9. The molecule has 1 rings (SSSR count). The first-order chi connectivity index (χ1) is 8.36. The number of nitrogens with one attached hydrogen (secondary N) is 1. The second-order valence-electron chi connectivity index (χ2n) is 3.47. The molecule has 98 valence electrons. The number of hydrogen-bond donors (Lipinski definition) is 1. The van der Waals surface area contributed by atoms with Crippen LogP contribution in [-0.4, -0.2) is 25.0 Å². The van der Waals surface area contributed by atoms with Crippen molar-refractivity contribution in [1.29, 1.82) is 0 Å². The number of methoxy groups -OCH3 is 1. The lowest BCUT2D eigenvalue weighted by Crippen LogP contribution is -2.39. The van der Waals surface area contributed by atoms with Crippen molar-refractivity contribution in [2.24, 2.45) is 0 Å². The number of halogens is 3. The van der Waals surface area contributed by atoms with Crippen LogP contribution in [0.5, 0.6) is 0 Å². The zero-order chi connectivity index (χ0) is 13.9. The summed E-state index contributed by atoms with van der Waals surface area (Å²) in [6.07, 6.45) is 0. The molecule has 0 aliphatic rings. The first kappa shape index (κ1) is 14.0. The molecule has 18 heavy (non-hydrogen) atoms. The molecule has 4 nitrogen and oxygen atoms in total. The van der Waals surface area contributed by atoms with Gasteiger partial charge in [0.25, 0.3) is 5.91 Å². The van der Waals surface area contributed by atoms with Gasteiger partial charge in [0.2, 0.25) is 0 Å². The summed E-state index contributed by atoms with van der Waals surface area (Å²) in [7, 11) is 1.13. The molecule has 0 spiro atoms. The highest BCUT2D eigenvalue weighted by molar-refractivity contribution is 5.96. The van der Waals surface area contributed by atoms with Crippen LogP contribution in [0.1, 0.15) is 17.3 Å². The Balaban J connectivity index is 2.89. The molecule has 0 radical (unpaired) electrons. The zero-order valence-electron chi connectivity index (χ0n) is 9.59. The van der Waals surface area contributed by atoms with Crippen LogP contribution in [0.2, 0.25) is 0 Å². The van der Waals surface area contributed by atoms with Gasteiger partial charge in [0.1, 0.15) is 6.04 Å². The van der Waals surface area contributed by atoms with Crippen molar-refractivity contribution in [2.45, 2.75) is 13.0 Å². The van der Waals surface area contributed by atoms with Crippen molar-refractivity contribution in [3.8, 4) is 0 Å². The molecule has 0 unspecified atom stereocenters. The quantitative estimate of drug-likeness (QED) is 0.661. The number of carbonyl (C=O) groups is 2. The molecule has 1 amide bonds. The predicted octanol–water partition coefficient (Wildman–Crippen LogP) is 1.40. The van der Waals surface area contributed by atoms with Crippen LogP contribution in [0.4, 0.5) is 13.2 Å². The van der Waals surface area contributed by atoms with Crippen LogP contribution in [0.25, 0.3) is 0 Å². The van der Waals surface area contributed by atoms with Gasteiger partial charge < -0.3 is 10.1 Å². The van der Waals surface area contributed by atoms with Gasteiger partial charge in [-0.3, -0.25) is 4.79 Å². The molecular weight excluding hydrogens is 251 g/mol. The first-order valence-corrected chi connectivity index (χ1v) is 4.90. The average Bonchev–Trinajstić information content (AvgIpc) is 2.33. The summed E-state index contributed by atoms with van der Waals surface area (Å²) in [4.78, 5) is 22.5. The summed E-state index contributed by atoms with van der Waals surface area (Å²) in [5.41, 5.74) is -0.429. The van der Waals surface area contributed by atoms with Crippen LogP contribution in [-0.2, 0) is 9.53 Å². The van der Waals surface area contributed by atoms with Gasteiger partial charge in [-0.1, -0.05) is 0 Å². The minimum absolute atomic E-state index is 0.429. The van der Waals surface area contributed by atoms with E-state index in [-0.39, 0.29) is 0 Å². The summed E-state index contributed by atoms with van der Waals surface area (Å²) in [6, 6.07) is 0.0915. The van der Waals surface area contributed by atoms with E-state index in [2.05, 4.69) is 10.1 Å². The van der Waals surface area contributed by atoms with E-state index in [0.717, 1.165) is 7.11 Å². The molecule has 0 aliphatic carbocycles. The van der Waals surface area contributed by atoms with Crippen LogP contribution in [0.3, 0.4) is 0 Å². The topological polar surface area (TPSA) is 55.4 Å². The largest absolute Gasteiger partial charge is 0.467 e. The monoisotopic (exact) mass is 261 g/mol. The van der Waals surface area contributed by atoms with Gasteiger partial charge in [0.05, 0.1) is 7.11 Å². The maximum Gasteiger partial charge on any atom is 0.328 e. The van der Waals surface area contributed by atoms with Gasteiger partial charge in [-0.2, -0.15) is 0 Å². The third-order valence-corrected chi connectivity index (χ3v) is 2.15. The minimum Gasteiger partial charge on any atom is -0.467 e. The van der Waals surface area contributed by atoms with E-state index >= 15 is 0 Å². The normalized spacial score (nSPS) is 11.8. The van der Waals surface area contributed by atoms with E-state index in [0.29, 0.717) is 12.1 Å². The molecule has 0 aliphatic heterocycles. The SMILES string of the molecule is COC(=O)[C@H](C)NC(=O)c1cc(F)c(F)c(F)c1. The molecule has 1 aromatic rings. The van der Waals surface area contributed by atoms with Crippen molar-refractivity contribution in [3.05, 3.63) is 35.1 Å². The maximum atomic E-state index is 12.9. The second-order valence-corrected chi connectivity index (χ2v) is 3.47. The van der Waals surface area contributed by atoms with Crippen LogP contribution in [0.15, 0.2) is 12.1 Å². The highest BCUT2D eigenvalue weighted by atomic mass is 19.2. The van der Waals surface area contributed by atoms with Gasteiger partial charge in [-0.15, -0.1) is 0 Å². The number of esters is 1. The third kappa shape index (κ3) is 2.99. The molecule has 0 heterocycles. The van der Waals surface area contributed by atoms with Gasteiger partial charge in [0, 0.05) is 5.56 Å². The molecule has 7 heteroatoms. The van der Waals surface area contributed by atoms with Crippen molar-refractivity contribution in [2.75, 3.05) is 7.11 Å². The number of carbonyl (C=O) groups excluding carboxylic acids is 2. The summed E-state index contributed by atoms with van der Waals surface area (Å²) >= 11 is 0. The van der Waals surface area contributed by atoms with Crippen LogP contribution >= 0.6 is 0 Å². The number of hydrogen-bond acceptors (Lipinski definition) is 3. The molecule has 0 aromatic heterocycles. The Bertz CT molecular complexity index is 467. The van der Waals surface area contributed by atoms with Crippen LogP contribution in [0, 0.1) is 17.5 Å². The Kier molecular flexibility index (Phi) is 4.30. The number of rotatable bonds is 3. The lowest BCUT2D eigenvalue weighted by atomic mass is 10.2. The highest BCUT2D eigenvalue weighted by Crippen LogP contribution is 2.13. The molecule has 0 fully saturated rings. The summed E-state index contributed by atoms with van der Waals surface area (Å²) in [6.45, 7) is 1.33. The van der Waals surface area contributed by atoms with Crippen molar-refractivity contribution >= 4 is 11.9 Å². The van der Waals surface area contributed by atoms with Gasteiger partial charge in [-0.25, -0.2) is 18.0 Å². The highest BCUT2D eigenvalue weighted by Gasteiger charge is 2.19. The number of ether oxygens (including phenoxy) is 1. The zero-order valence-corrected chi connectivity index (χ0v) is 9.59. The second kappa shape index (κ2) is 5.52. The van der Waals surface area contributed by atoms with Crippen molar-refractivity contribution < 1.29 is 27.5 Å². The van der Waals surface area contributed by atoms with E-state index in [1.807, 2.05) is 0 Å². The Morgan fingerprint density at radius 2 is 1.72 bits per heavy atom. The molecule has 1 atom stereocenters. The van der Waals surface area contributed by atoms with E-state index < -0.39 is 40.9 Å². The smallest absolute Gasteiger partial charge is 0.328 e. The lowest BCUT2D eigenvalue weighted by Gasteiger charge is -2.11. The van der Waals surface area contributed by atoms with Crippen LogP contribution < -0.4 is 5.32 Å². The fraction of sp³-hybridized carbons (Fsp3) is 0.273. The fourth-order valence-electron chi connectivity index (χ4n) is 1.20. The molecule has 1 N–H and O–H groups in total. The molecule has 0 bridgehead atoms. The van der Waals surface area contributed by atoms with E-state index in [9.17, 15) is 22.8 Å². The molecule has 0 saturated heterocycles. The Labute approximate surface area is 101 Å². The van der Waals surface area contributed by atoms with Crippen molar-refractivity contribution in [1.82, 2.24) is 5.32 Å². The molecular formula is C11H10F3NO3. The summed E-state index contributed by atoms with van der Waals surface area (Å²) in [5.74, 6) is -6.25. The Morgan fingerprint density at radius 3 is 2.17 bits per heavy atom. The Morgan fingerprint density at radius 1 is 1.22 bits per heavy atom. The van der Waals surface area contributed by atoms with Gasteiger partial charge >= 0.3 is 5.97 Å². The fourth-order valence-corrected chi connectivity index (χ4v) is 1.20. The van der Waals surface area contributed by atoms with E-state index in [4.69, 9.17) is 0 Å². The lowest BCUT2D eigenvalue weighted by molar-refractivity contribution is -0.142.